The molecule has 2 rings (SSSR count). The summed E-state index contributed by atoms with van der Waals surface area (Å²) in [6.07, 6.45) is 8.15. The molecule has 1 aromatic heterocycles. The fourth-order valence-electron chi connectivity index (χ4n) is 2.54. The largest absolute Gasteiger partial charge is 0.340 e. The molecule has 0 saturated heterocycles. The van der Waals surface area contributed by atoms with Gasteiger partial charge in [0.05, 0.1) is 0 Å². The van der Waals surface area contributed by atoms with Crippen LogP contribution in [0.25, 0.3) is 0 Å². The Hall–Kier alpha value is -0.900. The number of carbonyl (C=O) groups excluding carboxylic acids is 1. The zero-order chi connectivity index (χ0) is 13.0. The molecule has 0 atom stereocenters. The van der Waals surface area contributed by atoms with Crippen LogP contribution < -0.4 is 0 Å². The average molecular weight is 311 g/mol. The molecule has 0 radical (unpaired) electrons. The molecule has 18 heavy (non-hydrogen) atoms. The Labute approximate surface area is 117 Å². The zero-order valence-corrected chi connectivity index (χ0v) is 12.3. The first-order chi connectivity index (χ1) is 8.66. The summed E-state index contributed by atoms with van der Waals surface area (Å²) in [6.45, 7) is 0.858. The van der Waals surface area contributed by atoms with Crippen molar-refractivity contribution in [3.8, 4) is 0 Å². The van der Waals surface area contributed by atoms with Crippen molar-refractivity contribution < 1.29 is 4.79 Å². The monoisotopic (exact) mass is 310 g/mol. The first kappa shape index (κ1) is 13.5. The molecule has 0 aromatic carbocycles. The Balaban J connectivity index is 1.93. The lowest BCUT2D eigenvalue weighted by molar-refractivity contribution is 0.0755. The van der Waals surface area contributed by atoms with Crippen LogP contribution >= 0.6 is 15.9 Å². The van der Waals surface area contributed by atoms with E-state index >= 15 is 0 Å². The first-order valence-corrected chi connectivity index (χ1v) is 7.33. The maximum atomic E-state index is 12.2. The fraction of sp³-hybridized carbons (Fsp3) is 0.571. The number of hydrogen-bond acceptors (Lipinski definition) is 2. The third-order valence-electron chi connectivity index (χ3n) is 3.55. The van der Waals surface area contributed by atoms with Crippen LogP contribution in [0.5, 0.6) is 0 Å². The van der Waals surface area contributed by atoms with E-state index < -0.39 is 0 Å². The minimum atomic E-state index is 0.0214. The predicted molar refractivity (Wildman–Crippen MR) is 75.5 cm³/mol. The van der Waals surface area contributed by atoms with E-state index in [2.05, 4.69) is 20.9 Å². The van der Waals surface area contributed by atoms with Gasteiger partial charge in [0, 0.05) is 24.3 Å². The minimum Gasteiger partial charge on any atom is -0.340 e. The topological polar surface area (TPSA) is 33.2 Å². The molecule has 1 amide bonds. The maximum Gasteiger partial charge on any atom is 0.272 e. The van der Waals surface area contributed by atoms with Crippen molar-refractivity contribution in [2.75, 3.05) is 13.6 Å². The van der Waals surface area contributed by atoms with Crippen LogP contribution in [0.2, 0.25) is 0 Å². The highest BCUT2D eigenvalue weighted by Crippen LogP contribution is 2.24. The van der Waals surface area contributed by atoms with E-state index in [9.17, 15) is 4.79 Å². The molecular formula is C14H19BrN2O. The fourth-order valence-corrected chi connectivity index (χ4v) is 2.77. The van der Waals surface area contributed by atoms with Crippen molar-refractivity contribution in [1.82, 2.24) is 9.88 Å². The molecule has 98 valence electrons. The molecule has 0 spiro atoms. The molecule has 1 aliphatic rings. The predicted octanol–water partition coefficient (Wildman–Crippen LogP) is 3.50. The lowest BCUT2D eigenvalue weighted by Gasteiger charge is -2.26. The number of carbonyl (C=O) groups is 1. The van der Waals surface area contributed by atoms with Crippen molar-refractivity contribution >= 4 is 21.8 Å². The number of aromatic nitrogens is 1. The molecule has 1 heterocycles. The van der Waals surface area contributed by atoms with E-state index in [-0.39, 0.29) is 5.91 Å². The van der Waals surface area contributed by atoms with Crippen molar-refractivity contribution in [3.63, 3.8) is 0 Å². The lowest BCUT2D eigenvalue weighted by Crippen LogP contribution is -2.33. The summed E-state index contributed by atoms with van der Waals surface area (Å²) >= 11 is 3.32. The average Bonchev–Trinajstić information content (AvgIpc) is 2.40. The Morgan fingerprint density at radius 2 is 2.11 bits per heavy atom. The minimum absolute atomic E-state index is 0.0214. The zero-order valence-electron chi connectivity index (χ0n) is 10.7. The second-order valence-corrected chi connectivity index (χ2v) is 5.97. The second-order valence-electron chi connectivity index (χ2n) is 5.05. The summed E-state index contributed by atoms with van der Waals surface area (Å²) in [4.78, 5) is 18.1. The third-order valence-corrected chi connectivity index (χ3v) is 4.02. The Kier molecular flexibility index (Phi) is 4.75. The number of halogens is 1. The van der Waals surface area contributed by atoms with E-state index in [0.29, 0.717) is 11.6 Å². The van der Waals surface area contributed by atoms with Crippen LogP contribution in [0.3, 0.4) is 0 Å². The molecule has 0 bridgehead atoms. The molecule has 0 unspecified atom stereocenters. The quantitative estimate of drug-likeness (QED) is 0.856. The first-order valence-electron chi connectivity index (χ1n) is 6.54. The van der Waals surface area contributed by atoms with Crippen molar-refractivity contribution in [2.24, 2.45) is 5.92 Å². The number of amides is 1. The van der Waals surface area contributed by atoms with Gasteiger partial charge < -0.3 is 4.90 Å². The Morgan fingerprint density at radius 3 is 2.72 bits per heavy atom. The van der Waals surface area contributed by atoms with Gasteiger partial charge >= 0.3 is 0 Å². The lowest BCUT2D eigenvalue weighted by atomic mass is 9.89. The van der Waals surface area contributed by atoms with Crippen LogP contribution in [-0.4, -0.2) is 29.4 Å². The van der Waals surface area contributed by atoms with Crippen LogP contribution in [0, 0.1) is 5.92 Å². The maximum absolute atomic E-state index is 12.2. The molecule has 1 fully saturated rings. The highest BCUT2D eigenvalue weighted by molar-refractivity contribution is 9.10. The summed E-state index contributed by atoms with van der Waals surface area (Å²) in [5, 5.41) is 0. The second kappa shape index (κ2) is 6.32. The van der Waals surface area contributed by atoms with Gasteiger partial charge in [-0.1, -0.05) is 19.3 Å². The van der Waals surface area contributed by atoms with Crippen molar-refractivity contribution in [1.29, 1.82) is 0 Å². The van der Waals surface area contributed by atoms with Gasteiger partial charge in [0.15, 0.2) is 0 Å². The summed E-state index contributed by atoms with van der Waals surface area (Å²) in [6, 6.07) is 3.62. The smallest absolute Gasteiger partial charge is 0.272 e. The number of rotatable bonds is 3. The SMILES string of the molecule is CN(CC1CCCCC1)C(=O)c1ccc(Br)cn1. The number of nitrogens with zero attached hydrogens (tertiary/aromatic N) is 2. The molecule has 0 aliphatic heterocycles. The van der Waals surface area contributed by atoms with Gasteiger partial charge in [0.25, 0.3) is 5.91 Å². The highest BCUT2D eigenvalue weighted by Gasteiger charge is 2.19. The molecule has 1 aromatic rings. The number of pyridine rings is 1. The summed E-state index contributed by atoms with van der Waals surface area (Å²) in [5.41, 5.74) is 0.525. The molecule has 4 heteroatoms. The molecule has 1 saturated carbocycles. The van der Waals surface area contributed by atoms with Gasteiger partial charge in [-0.2, -0.15) is 0 Å². The van der Waals surface area contributed by atoms with E-state index in [1.807, 2.05) is 18.0 Å². The van der Waals surface area contributed by atoms with Crippen molar-refractivity contribution in [2.45, 2.75) is 32.1 Å². The normalized spacial score (nSPS) is 16.6. The Morgan fingerprint density at radius 1 is 1.39 bits per heavy atom. The summed E-state index contributed by atoms with van der Waals surface area (Å²) < 4.78 is 0.897. The van der Waals surface area contributed by atoms with Gasteiger partial charge in [0.2, 0.25) is 0 Å². The van der Waals surface area contributed by atoms with Gasteiger partial charge in [-0.05, 0) is 46.8 Å². The molecule has 1 aliphatic carbocycles. The molecular weight excluding hydrogens is 292 g/mol. The third kappa shape index (κ3) is 3.55. The van der Waals surface area contributed by atoms with Crippen molar-refractivity contribution in [3.05, 3.63) is 28.5 Å². The van der Waals surface area contributed by atoms with Gasteiger partial charge in [-0.15, -0.1) is 0 Å². The van der Waals surface area contributed by atoms with E-state index in [0.717, 1.165) is 11.0 Å². The summed E-state index contributed by atoms with van der Waals surface area (Å²) in [7, 11) is 1.88. The van der Waals surface area contributed by atoms with Crippen LogP contribution in [0.1, 0.15) is 42.6 Å². The molecule has 3 nitrogen and oxygen atoms in total. The standard InChI is InChI=1S/C14H19BrN2O/c1-17(10-11-5-3-2-4-6-11)14(18)13-8-7-12(15)9-16-13/h7-9,11H,2-6,10H2,1H3. The van der Waals surface area contributed by atoms with Crippen LogP contribution in [0.4, 0.5) is 0 Å². The van der Waals surface area contributed by atoms with E-state index in [1.165, 1.54) is 32.1 Å². The van der Waals surface area contributed by atoms with Gasteiger partial charge in [-0.25, -0.2) is 4.98 Å². The Bertz CT molecular complexity index is 399. The van der Waals surface area contributed by atoms with Gasteiger partial charge in [0.1, 0.15) is 5.69 Å². The number of hydrogen-bond donors (Lipinski definition) is 0. The van der Waals surface area contributed by atoms with Crippen LogP contribution in [0.15, 0.2) is 22.8 Å². The van der Waals surface area contributed by atoms with E-state index in [1.54, 1.807) is 12.3 Å². The van der Waals surface area contributed by atoms with Gasteiger partial charge in [-0.3, -0.25) is 4.79 Å². The van der Waals surface area contributed by atoms with E-state index in [4.69, 9.17) is 0 Å². The molecule has 0 N–H and O–H groups in total. The summed E-state index contributed by atoms with van der Waals surface area (Å²) in [5.74, 6) is 0.691. The highest BCUT2D eigenvalue weighted by atomic mass is 79.9. The van der Waals surface area contributed by atoms with Crippen LogP contribution in [-0.2, 0) is 0 Å².